The van der Waals surface area contributed by atoms with E-state index < -0.39 is 11.6 Å². The number of hydrogen-bond acceptors (Lipinski definition) is 4. The molecule has 1 aromatic carbocycles. The van der Waals surface area contributed by atoms with E-state index in [9.17, 15) is 9.59 Å². The maximum absolute atomic E-state index is 13.0. The van der Waals surface area contributed by atoms with E-state index in [0.717, 1.165) is 11.1 Å². The second-order valence-electron chi connectivity index (χ2n) is 6.23. The monoisotopic (exact) mass is 327 g/mol. The van der Waals surface area contributed by atoms with Crippen molar-refractivity contribution < 1.29 is 14.0 Å². The molecule has 24 heavy (non-hydrogen) atoms. The van der Waals surface area contributed by atoms with Gasteiger partial charge in [0.05, 0.1) is 12.2 Å². The molecule has 6 nitrogen and oxygen atoms in total. The van der Waals surface area contributed by atoms with Crippen LogP contribution in [-0.2, 0) is 23.3 Å². The number of urea groups is 1. The van der Waals surface area contributed by atoms with Gasteiger partial charge in [0, 0.05) is 6.42 Å². The molecule has 1 fully saturated rings. The first-order valence-corrected chi connectivity index (χ1v) is 8.02. The fourth-order valence-electron chi connectivity index (χ4n) is 3.09. The second-order valence-corrected chi connectivity index (χ2v) is 6.23. The third kappa shape index (κ3) is 2.48. The molecule has 0 spiro atoms. The zero-order chi connectivity index (χ0) is 17.5. The van der Waals surface area contributed by atoms with Crippen LogP contribution in [0.3, 0.4) is 0 Å². The number of aromatic nitrogens is 1. The zero-order valence-corrected chi connectivity index (χ0v) is 14.3. The van der Waals surface area contributed by atoms with Crippen LogP contribution in [0.4, 0.5) is 4.79 Å². The topological polar surface area (TPSA) is 75.4 Å². The summed E-state index contributed by atoms with van der Waals surface area (Å²) in [6.07, 6.45) is 0.669. The molecule has 2 heterocycles. The standard InChI is InChI=1S/C18H21N3O3/c1-5-15-19-12(3)14(24-15)10-21-16(22)18(4,20-17(21)23)13-9-7-6-8-11(13)2/h6-9H,5,10H2,1-4H3,(H,20,23)/t18-/m0/s1. The summed E-state index contributed by atoms with van der Waals surface area (Å²) in [6.45, 7) is 7.51. The number of imide groups is 1. The number of carbonyl (C=O) groups is 2. The van der Waals surface area contributed by atoms with Crippen molar-refractivity contribution in [3.05, 3.63) is 52.7 Å². The summed E-state index contributed by atoms with van der Waals surface area (Å²) < 4.78 is 5.63. The summed E-state index contributed by atoms with van der Waals surface area (Å²) in [7, 11) is 0. The van der Waals surface area contributed by atoms with Gasteiger partial charge in [-0.25, -0.2) is 9.78 Å². The van der Waals surface area contributed by atoms with E-state index in [1.54, 1.807) is 6.92 Å². The quantitative estimate of drug-likeness (QED) is 0.876. The average molecular weight is 327 g/mol. The van der Waals surface area contributed by atoms with E-state index in [0.29, 0.717) is 23.8 Å². The fraction of sp³-hybridized carbons (Fsp3) is 0.389. The molecule has 0 unspecified atom stereocenters. The van der Waals surface area contributed by atoms with Gasteiger partial charge < -0.3 is 9.73 Å². The van der Waals surface area contributed by atoms with Crippen molar-refractivity contribution in [3.63, 3.8) is 0 Å². The Morgan fingerprint density at radius 2 is 1.96 bits per heavy atom. The van der Waals surface area contributed by atoms with Crippen LogP contribution in [0.1, 0.15) is 42.3 Å². The molecule has 6 heteroatoms. The number of hydrogen-bond donors (Lipinski definition) is 1. The average Bonchev–Trinajstić information content (AvgIpc) is 3.01. The van der Waals surface area contributed by atoms with Gasteiger partial charge in [0.1, 0.15) is 11.3 Å². The summed E-state index contributed by atoms with van der Waals surface area (Å²) in [5.41, 5.74) is 1.40. The Kier molecular flexibility index (Phi) is 3.91. The lowest BCUT2D eigenvalue weighted by molar-refractivity contribution is -0.131. The highest BCUT2D eigenvalue weighted by atomic mass is 16.4. The van der Waals surface area contributed by atoms with Crippen molar-refractivity contribution in [2.45, 2.75) is 46.2 Å². The van der Waals surface area contributed by atoms with Crippen molar-refractivity contribution in [1.29, 1.82) is 0 Å². The van der Waals surface area contributed by atoms with Gasteiger partial charge in [-0.3, -0.25) is 9.69 Å². The van der Waals surface area contributed by atoms with E-state index >= 15 is 0 Å². The molecule has 1 N–H and O–H groups in total. The smallest absolute Gasteiger partial charge is 0.325 e. The minimum atomic E-state index is -1.07. The van der Waals surface area contributed by atoms with Crippen molar-refractivity contribution in [2.24, 2.45) is 0 Å². The summed E-state index contributed by atoms with van der Waals surface area (Å²) in [5.74, 6) is 0.872. The van der Waals surface area contributed by atoms with Crippen molar-refractivity contribution >= 4 is 11.9 Å². The molecule has 1 aromatic heterocycles. The fourth-order valence-corrected chi connectivity index (χ4v) is 3.09. The highest BCUT2D eigenvalue weighted by molar-refractivity contribution is 6.07. The lowest BCUT2D eigenvalue weighted by Gasteiger charge is -2.24. The van der Waals surface area contributed by atoms with Crippen LogP contribution in [0.25, 0.3) is 0 Å². The minimum absolute atomic E-state index is 0.0883. The molecule has 1 aliphatic rings. The molecule has 126 valence electrons. The summed E-state index contributed by atoms with van der Waals surface area (Å²) in [6, 6.07) is 7.15. The number of amides is 3. The van der Waals surface area contributed by atoms with Crippen LogP contribution < -0.4 is 5.32 Å². The lowest BCUT2D eigenvalue weighted by Crippen LogP contribution is -2.41. The SMILES string of the molecule is CCc1nc(C)c(CN2C(=O)N[C@@](C)(c3ccccc3C)C2=O)o1. The molecule has 2 aromatic rings. The molecule has 0 aliphatic carbocycles. The summed E-state index contributed by atoms with van der Waals surface area (Å²) in [4.78, 5) is 30.9. The predicted molar refractivity (Wildman–Crippen MR) is 88.2 cm³/mol. The number of nitrogens with one attached hydrogen (secondary N) is 1. The van der Waals surface area contributed by atoms with Gasteiger partial charge in [-0.2, -0.15) is 0 Å². The molecule has 1 atom stereocenters. The highest BCUT2D eigenvalue weighted by Gasteiger charge is 2.49. The van der Waals surface area contributed by atoms with Gasteiger partial charge in [0.2, 0.25) is 0 Å². The van der Waals surface area contributed by atoms with Crippen molar-refractivity contribution in [3.8, 4) is 0 Å². The molecule has 0 radical (unpaired) electrons. The van der Waals surface area contributed by atoms with Crippen LogP contribution in [0.2, 0.25) is 0 Å². The first kappa shape index (κ1) is 16.2. The second kappa shape index (κ2) is 5.78. The van der Waals surface area contributed by atoms with Gasteiger partial charge in [-0.15, -0.1) is 0 Å². The maximum atomic E-state index is 13.0. The largest absolute Gasteiger partial charge is 0.444 e. The van der Waals surface area contributed by atoms with Gasteiger partial charge >= 0.3 is 6.03 Å². The van der Waals surface area contributed by atoms with Crippen LogP contribution in [-0.4, -0.2) is 21.8 Å². The first-order chi connectivity index (χ1) is 11.4. The van der Waals surface area contributed by atoms with E-state index in [1.807, 2.05) is 45.0 Å². The molecular formula is C18H21N3O3. The number of carbonyl (C=O) groups excluding carboxylic acids is 2. The van der Waals surface area contributed by atoms with Crippen molar-refractivity contribution in [2.75, 3.05) is 0 Å². The molecule has 3 rings (SSSR count). The van der Waals surface area contributed by atoms with Crippen LogP contribution in [0.15, 0.2) is 28.7 Å². The first-order valence-electron chi connectivity index (χ1n) is 8.02. The van der Waals surface area contributed by atoms with E-state index in [1.165, 1.54) is 4.90 Å². The number of benzene rings is 1. The molecule has 3 amide bonds. The van der Waals surface area contributed by atoms with Crippen LogP contribution in [0.5, 0.6) is 0 Å². The Hall–Kier alpha value is -2.63. The zero-order valence-electron chi connectivity index (χ0n) is 14.3. The van der Waals surface area contributed by atoms with Gasteiger partial charge in [-0.1, -0.05) is 31.2 Å². The van der Waals surface area contributed by atoms with Crippen LogP contribution in [0, 0.1) is 13.8 Å². The van der Waals surface area contributed by atoms with Crippen LogP contribution >= 0.6 is 0 Å². The van der Waals surface area contributed by atoms with E-state index in [4.69, 9.17) is 4.42 Å². The Morgan fingerprint density at radius 1 is 1.25 bits per heavy atom. The van der Waals surface area contributed by atoms with Crippen molar-refractivity contribution in [1.82, 2.24) is 15.2 Å². The Labute approximate surface area is 140 Å². The molecule has 1 aliphatic heterocycles. The molecular weight excluding hydrogens is 306 g/mol. The number of nitrogens with zero attached hydrogens (tertiary/aromatic N) is 2. The maximum Gasteiger partial charge on any atom is 0.325 e. The Balaban J connectivity index is 1.92. The highest BCUT2D eigenvalue weighted by Crippen LogP contribution is 2.32. The number of aryl methyl sites for hydroxylation is 3. The Morgan fingerprint density at radius 3 is 2.58 bits per heavy atom. The van der Waals surface area contributed by atoms with E-state index in [2.05, 4.69) is 10.3 Å². The van der Waals surface area contributed by atoms with Gasteiger partial charge in [-0.05, 0) is 31.9 Å². The number of rotatable bonds is 4. The minimum Gasteiger partial charge on any atom is -0.444 e. The van der Waals surface area contributed by atoms with Gasteiger partial charge in [0.15, 0.2) is 5.89 Å². The predicted octanol–water partition coefficient (Wildman–Crippen LogP) is 2.82. The number of oxazole rings is 1. The third-order valence-corrected chi connectivity index (χ3v) is 4.50. The van der Waals surface area contributed by atoms with E-state index in [-0.39, 0.29) is 12.5 Å². The molecule has 1 saturated heterocycles. The molecule has 0 bridgehead atoms. The summed E-state index contributed by atoms with van der Waals surface area (Å²) >= 11 is 0. The Bertz CT molecular complexity index is 812. The summed E-state index contributed by atoms with van der Waals surface area (Å²) in [5, 5.41) is 2.82. The van der Waals surface area contributed by atoms with Gasteiger partial charge in [0.25, 0.3) is 5.91 Å². The normalized spacial score (nSPS) is 20.6. The third-order valence-electron chi connectivity index (χ3n) is 4.50. The molecule has 0 saturated carbocycles. The lowest BCUT2D eigenvalue weighted by atomic mass is 9.88.